The maximum atomic E-state index is 14.0. The number of aliphatic hydroxyl groups is 1. The minimum absolute atomic E-state index is 0.106. The first kappa shape index (κ1) is 21.2. The molecule has 0 radical (unpaired) electrons. The number of rotatable bonds is 6. The van der Waals surface area contributed by atoms with Crippen molar-refractivity contribution in [1.82, 2.24) is 29.5 Å². The third-order valence-electron chi connectivity index (χ3n) is 5.74. The second kappa shape index (κ2) is 8.70. The Morgan fingerprint density at radius 1 is 1.21 bits per heavy atom. The molecule has 0 saturated carbocycles. The Morgan fingerprint density at radius 2 is 2.09 bits per heavy atom. The smallest absolute Gasteiger partial charge is 0.218 e. The van der Waals surface area contributed by atoms with E-state index in [2.05, 4.69) is 24.8 Å². The zero-order chi connectivity index (χ0) is 22.9. The molecule has 2 atom stereocenters. The summed E-state index contributed by atoms with van der Waals surface area (Å²) < 4.78 is 21.1. The first-order valence-corrected chi connectivity index (χ1v) is 10.8. The van der Waals surface area contributed by atoms with Crippen LogP contribution in [0.2, 0.25) is 0 Å². The average Bonchev–Trinajstić information content (AvgIpc) is 3.45. The number of pyridine rings is 1. The molecule has 0 aromatic carbocycles. The van der Waals surface area contributed by atoms with Gasteiger partial charge in [-0.05, 0) is 44.0 Å². The molecule has 0 bridgehead atoms. The molecule has 0 unspecified atom stereocenters. The SMILES string of the molecule is COc1ncc(F)cc1[C@H]1CCCN1c1ccc2ncc(-c3nccc(C[C@@H](C)O)n3)n2n1. The van der Waals surface area contributed by atoms with Crippen molar-refractivity contribution in [2.45, 2.75) is 38.3 Å². The molecule has 170 valence electrons. The number of methoxy groups -OCH3 is 1. The van der Waals surface area contributed by atoms with Gasteiger partial charge in [0.25, 0.3) is 0 Å². The van der Waals surface area contributed by atoms with Crippen molar-refractivity contribution in [3.63, 3.8) is 0 Å². The Morgan fingerprint density at radius 3 is 2.91 bits per heavy atom. The summed E-state index contributed by atoms with van der Waals surface area (Å²) in [5, 5.41) is 14.5. The molecule has 4 aromatic heterocycles. The predicted molar refractivity (Wildman–Crippen MR) is 119 cm³/mol. The Bertz CT molecular complexity index is 1290. The molecule has 9 nitrogen and oxygen atoms in total. The molecule has 1 N–H and O–H groups in total. The zero-order valence-electron chi connectivity index (χ0n) is 18.4. The number of hydrogen-bond acceptors (Lipinski definition) is 8. The number of anilines is 1. The molecule has 5 heterocycles. The van der Waals surface area contributed by atoms with Gasteiger partial charge in [-0.1, -0.05) is 0 Å². The van der Waals surface area contributed by atoms with Crippen LogP contribution in [0.3, 0.4) is 0 Å². The maximum Gasteiger partial charge on any atom is 0.218 e. The van der Waals surface area contributed by atoms with Gasteiger partial charge < -0.3 is 14.7 Å². The minimum atomic E-state index is -0.499. The largest absolute Gasteiger partial charge is 0.481 e. The fraction of sp³-hybridized carbons (Fsp3) is 0.348. The topological polar surface area (TPSA) is 102 Å². The molecule has 1 aliphatic rings. The van der Waals surface area contributed by atoms with Crippen molar-refractivity contribution in [1.29, 1.82) is 0 Å². The molecule has 0 aliphatic carbocycles. The Hall–Kier alpha value is -3.66. The van der Waals surface area contributed by atoms with Gasteiger partial charge in [0.05, 0.1) is 31.6 Å². The monoisotopic (exact) mass is 449 g/mol. The second-order valence-electron chi connectivity index (χ2n) is 8.13. The van der Waals surface area contributed by atoms with E-state index in [4.69, 9.17) is 9.84 Å². The van der Waals surface area contributed by atoms with Crippen LogP contribution in [0.25, 0.3) is 17.2 Å². The molecule has 33 heavy (non-hydrogen) atoms. The molecule has 1 fully saturated rings. The van der Waals surface area contributed by atoms with Gasteiger partial charge in [0.1, 0.15) is 17.3 Å². The van der Waals surface area contributed by atoms with Gasteiger partial charge in [-0.25, -0.2) is 28.8 Å². The van der Waals surface area contributed by atoms with Crippen LogP contribution in [0.15, 0.2) is 42.9 Å². The van der Waals surface area contributed by atoms with E-state index in [9.17, 15) is 9.50 Å². The first-order valence-electron chi connectivity index (χ1n) is 10.8. The lowest BCUT2D eigenvalue weighted by Crippen LogP contribution is -2.25. The van der Waals surface area contributed by atoms with Crippen LogP contribution in [0.1, 0.15) is 37.1 Å². The van der Waals surface area contributed by atoms with E-state index in [0.29, 0.717) is 35.0 Å². The summed E-state index contributed by atoms with van der Waals surface area (Å²) in [5.41, 5.74) is 2.77. The van der Waals surface area contributed by atoms with E-state index in [1.54, 1.807) is 29.9 Å². The number of imidazole rings is 1. The van der Waals surface area contributed by atoms with Crippen molar-refractivity contribution in [2.24, 2.45) is 0 Å². The first-order chi connectivity index (χ1) is 16.0. The highest BCUT2D eigenvalue weighted by Crippen LogP contribution is 2.38. The van der Waals surface area contributed by atoms with Crippen LogP contribution >= 0.6 is 0 Å². The Balaban J connectivity index is 1.53. The third kappa shape index (κ3) is 4.09. The number of ether oxygens (including phenoxy) is 1. The van der Waals surface area contributed by atoms with Gasteiger partial charge in [-0.3, -0.25) is 0 Å². The summed E-state index contributed by atoms with van der Waals surface area (Å²) in [6, 6.07) is 6.96. The highest BCUT2D eigenvalue weighted by atomic mass is 19.1. The highest BCUT2D eigenvalue weighted by Gasteiger charge is 2.31. The van der Waals surface area contributed by atoms with E-state index >= 15 is 0 Å². The summed E-state index contributed by atoms with van der Waals surface area (Å²) in [7, 11) is 1.54. The molecule has 10 heteroatoms. The zero-order valence-corrected chi connectivity index (χ0v) is 18.4. The number of aliphatic hydroxyl groups excluding tert-OH is 1. The summed E-state index contributed by atoms with van der Waals surface area (Å²) in [5.74, 6) is 1.24. The summed E-state index contributed by atoms with van der Waals surface area (Å²) in [6.07, 6.45) is 6.23. The van der Waals surface area contributed by atoms with Crippen LogP contribution in [0.4, 0.5) is 10.2 Å². The van der Waals surface area contributed by atoms with Crippen LogP contribution in [0.5, 0.6) is 5.88 Å². The lowest BCUT2D eigenvalue weighted by Gasteiger charge is -2.26. The fourth-order valence-corrected chi connectivity index (χ4v) is 4.32. The van der Waals surface area contributed by atoms with E-state index in [1.807, 2.05) is 12.1 Å². The summed E-state index contributed by atoms with van der Waals surface area (Å²) in [4.78, 5) is 19.6. The predicted octanol–water partition coefficient (Wildman–Crippen LogP) is 2.99. The molecule has 5 rings (SSSR count). The van der Waals surface area contributed by atoms with Gasteiger partial charge in [-0.2, -0.15) is 0 Å². The Kier molecular flexibility index (Phi) is 5.59. The molecular weight excluding hydrogens is 425 g/mol. The average molecular weight is 449 g/mol. The number of nitrogens with zero attached hydrogens (tertiary/aromatic N) is 7. The van der Waals surface area contributed by atoms with Crippen molar-refractivity contribution < 1.29 is 14.2 Å². The maximum absolute atomic E-state index is 14.0. The number of hydrogen-bond donors (Lipinski definition) is 1. The minimum Gasteiger partial charge on any atom is -0.481 e. The lowest BCUT2D eigenvalue weighted by atomic mass is 10.1. The van der Waals surface area contributed by atoms with E-state index in [1.165, 1.54) is 13.2 Å². The van der Waals surface area contributed by atoms with Crippen molar-refractivity contribution in [2.75, 3.05) is 18.6 Å². The van der Waals surface area contributed by atoms with Crippen LogP contribution in [-0.2, 0) is 6.42 Å². The van der Waals surface area contributed by atoms with Crippen molar-refractivity contribution >= 4 is 11.5 Å². The van der Waals surface area contributed by atoms with Crippen LogP contribution in [0, 0.1) is 5.82 Å². The number of aromatic nitrogens is 6. The second-order valence-corrected chi connectivity index (χ2v) is 8.13. The number of halogens is 1. The molecular formula is C23H24FN7O2. The van der Waals surface area contributed by atoms with Crippen LogP contribution < -0.4 is 9.64 Å². The molecule has 1 saturated heterocycles. The Labute approximate surface area is 189 Å². The van der Waals surface area contributed by atoms with E-state index in [-0.39, 0.29) is 6.04 Å². The lowest BCUT2D eigenvalue weighted by molar-refractivity contribution is 0.194. The van der Waals surface area contributed by atoms with Gasteiger partial charge in [0.2, 0.25) is 5.88 Å². The standard InChI is InChI=1S/C23H24FN7O2/c1-14(32)10-16-7-8-25-22(28-16)19-13-26-20-5-6-21(29-31(19)20)30-9-3-4-18(30)17-11-15(24)12-27-23(17)33-2/h5-8,11-14,18,32H,3-4,9-10H2,1-2H3/t14-,18-/m1/s1. The molecule has 0 amide bonds. The fourth-order valence-electron chi connectivity index (χ4n) is 4.32. The van der Waals surface area contributed by atoms with E-state index < -0.39 is 11.9 Å². The summed E-state index contributed by atoms with van der Waals surface area (Å²) >= 11 is 0. The van der Waals surface area contributed by atoms with Gasteiger partial charge >= 0.3 is 0 Å². The molecule has 1 aliphatic heterocycles. The van der Waals surface area contributed by atoms with E-state index in [0.717, 1.165) is 37.1 Å². The van der Waals surface area contributed by atoms with Gasteiger partial charge in [-0.15, -0.1) is 5.10 Å². The quantitative estimate of drug-likeness (QED) is 0.479. The molecule has 4 aromatic rings. The van der Waals surface area contributed by atoms with Crippen molar-refractivity contribution in [3.8, 4) is 17.4 Å². The van der Waals surface area contributed by atoms with Gasteiger partial charge in [0.15, 0.2) is 11.5 Å². The normalized spacial score (nSPS) is 17.0. The summed E-state index contributed by atoms with van der Waals surface area (Å²) in [6.45, 7) is 2.49. The number of fused-ring (bicyclic) bond motifs is 1. The van der Waals surface area contributed by atoms with Crippen molar-refractivity contribution in [3.05, 3.63) is 59.9 Å². The third-order valence-corrected chi connectivity index (χ3v) is 5.74. The highest BCUT2D eigenvalue weighted by molar-refractivity contribution is 5.58. The van der Waals surface area contributed by atoms with Crippen LogP contribution in [-0.4, -0.2) is 54.4 Å². The van der Waals surface area contributed by atoms with Gasteiger partial charge in [0, 0.05) is 30.4 Å². The molecule has 0 spiro atoms.